The Morgan fingerprint density at radius 2 is 0.639 bits per heavy atom. The number of hydrogen-bond donors (Lipinski definition) is 0. The van der Waals surface area contributed by atoms with Crippen LogP contribution in [-0.4, -0.2) is 0 Å². The topological polar surface area (TPSA) is 13.1 Å². The van der Waals surface area contributed by atoms with Crippen LogP contribution >= 0.6 is 0 Å². The average Bonchev–Trinajstić information content (AvgIpc) is 3.72. The molecule has 12 aromatic rings. The zero-order valence-corrected chi connectivity index (χ0v) is 33.3. The van der Waals surface area contributed by atoms with Crippen LogP contribution < -0.4 is 0 Å². The van der Waals surface area contributed by atoms with Crippen molar-refractivity contribution in [1.29, 1.82) is 0 Å². The molecule has 0 N–H and O–H groups in total. The highest BCUT2D eigenvalue weighted by atomic mass is 16.3. The van der Waals surface area contributed by atoms with Crippen molar-refractivity contribution in [3.8, 4) is 66.8 Å². The third kappa shape index (κ3) is 5.86. The average molecular weight is 775 g/mol. The van der Waals surface area contributed by atoms with Crippen molar-refractivity contribution >= 4 is 54.3 Å². The summed E-state index contributed by atoms with van der Waals surface area (Å²) in [5.41, 5.74) is 16.2. The van der Waals surface area contributed by atoms with Gasteiger partial charge in [0.1, 0.15) is 11.2 Å². The first kappa shape index (κ1) is 35.0. The Morgan fingerprint density at radius 3 is 1.36 bits per heavy atom. The highest BCUT2D eigenvalue weighted by Gasteiger charge is 2.20. The standard InChI is InChI=1S/C60H38O/c1-2-24-46-39(16-1)17-14-32-47(46)42-20-13-21-43(38-42)48-25-3-4-27-51(48)59-54-30-7-5-28-52(54)58(53-29-6-8-31-55(53)59)45-23-12-19-41(37-45)40-18-11-22-44(36-40)49-33-15-34-56-50-26-9-10-35-57(50)61-60(49)56/h1-38H. The molecule has 0 unspecified atom stereocenters. The Bertz CT molecular complexity index is 3600. The number of benzene rings is 11. The van der Waals surface area contributed by atoms with Crippen molar-refractivity contribution in [2.45, 2.75) is 0 Å². The van der Waals surface area contributed by atoms with E-state index >= 15 is 0 Å². The minimum atomic E-state index is 0.911. The fraction of sp³-hybridized carbons (Fsp3) is 0. The quantitative estimate of drug-likeness (QED) is 0.153. The molecule has 1 nitrogen and oxygen atoms in total. The van der Waals surface area contributed by atoms with Gasteiger partial charge in [0.15, 0.2) is 0 Å². The molecule has 284 valence electrons. The van der Waals surface area contributed by atoms with Crippen LogP contribution in [0.4, 0.5) is 0 Å². The molecule has 0 atom stereocenters. The number of furan rings is 1. The van der Waals surface area contributed by atoms with E-state index in [0.29, 0.717) is 0 Å². The second-order valence-electron chi connectivity index (χ2n) is 15.9. The van der Waals surface area contributed by atoms with Crippen molar-refractivity contribution in [3.05, 3.63) is 231 Å². The summed E-state index contributed by atoms with van der Waals surface area (Å²) in [6.45, 7) is 0. The zero-order chi connectivity index (χ0) is 40.3. The van der Waals surface area contributed by atoms with Gasteiger partial charge in [0.05, 0.1) is 0 Å². The first-order valence-corrected chi connectivity index (χ1v) is 21.0. The lowest BCUT2D eigenvalue weighted by Gasteiger charge is -2.20. The third-order valence-corrected chi connectivity index (χ3v) is 12.5. The van der Waals surface area contributed by atoms with Crippen molar-refractivity contribution in [1.82, 2.24) is 0 Å². The molecule has 1 heteroatoms. The maximum absolute atomic E-state index is 6.45. The van der Waals surface area contributed by atoms with E-state index in [1.807, 2.05) is 12.1 Å². The predicted octanol–water partition coefficient (Wildman–Crippen LogP) is 17.0. The van der Waals surface area contributed by atoms with Gasteiger partial charge in [0, 0.05) is 16.3 Å². The van der Waals surface area contributed by atoms with E-state index in [1.165, 1.54) is 82.4 Å². The Kier molecular flexibility index (Phi) is 8.25. The SMILES string of the molecule is c1cc(-c2ccccc2-c2c3ccccc3c(-c3cccc(-c4cccc(-c5cccc6c5oc5ccccc56)c4)c3)c3ccccc23)cc(-c2cccc3ccccc23)c1. The smallest absolute Gasteiger partial charge is 0.143 e. The van der Waals surface area contributed by atoms with E-state index in [2.05, 4.69) is 218 Å². The number of hydrogen-bond acceptors (Lipinski definition) is 1. The molecule has 0 bridgehead atoms. The molecule has 0 fully saturated rings. The first-order chi connectivity index (χ1) is 30.3. The van der Waals surface area contributed by atoms with Crippen LogP contribution in [0.5, 0.6) is 0 Å². The van der Waals surface area contributed by atoms with Gasteiger partial charge in [0.25, 0.3) is 0 Å². The Balaban J connectivity index is 1.00. The Hall–Kier alpha value is -8.00. The van der Waals surface area contributed by atoms with E-state index in [-0.39, 0.29) is 0 Å². The van der Waals surface area contributed by atoms with Gasteiger partial charge >= 0.3 is 0 Å². The molecular weight excluding hydrogens is 737 g/mol. The maximum atomic E-state index is 6.45. The summed E-state index contributed by atoms with van der Waals surface area (Å²) in [5.74, 6) is 0. The van der Waals surface area contributed by atoms with Crippen LogP contribution in [0.3, 0.4) is 0 Å². The van der Waals surface area contributed by atoms with Crippen LogP contribution in [0.1, 0.15) is 0 Å². The number of fused-ring (bicyclic) bond motifs is 6. The molecule has 0 radical (unpaired) electrons. The van der Waals surface area contributed by atoms with Gasteiger partial charge in [-0.3, -0.25) is 0 Å². The second kappa shape index (κ2) is 14.4. The van der Waals surface area contributed by atoms with Crippen LogP contribution in [0, 0.1) is 0 Å². The molecule has 0 spiro atoms. The van der Waals surface area contributed by atoms with Crippen LogP contribution in [0.15, 0.2) is 235 Å². The van der Waals surface area contributed by atoms with E-state index in [4.69, 9.17) is 4.42 Å². The fourth-order valence-corrected chi connectivity index (χ4v) is 9.71. The van der Waals surface area contributed by atoms with Crippen molar-refractivity contribution in [2.75, 3.05) is 0 Å². The van der Waals surface area contributed by atoms with Crippen LogP contribution in [-0.2, 0) is 0 Å². The third-order valence-electron chi connectivity index (χ3n) is 12.5. The lowest BCUT2D eigenvalue weighted by atomic mass is 9.83. The van der Waals surface area contributed by atoms with Gasteiger partial charge in [-0.2, -0.15) is 0 Å². The summed E-state index contributed by atoms with van der Waals surface area (Å²) in [5, 5.41) is 9.74. The van der Waals surface area contributed by atoms with Crippen LogP contribution in [0.25, 0.3) is 121 Å². The summed E-state index contributed by atoms with van der Waals surface area (Å²) in [6.07, 6.45) is 0. The summed E-state index contributed by atoms with van der Waals surface area (Å²) in [6, 6.07) is 83.8. The molecule has 0 saturated carbocycles. The second-order valence-corrected chi connectivity index (χ2v) is 15.9. The van der Waals surface area contributed by atoms with E-state index in [9.17, 15) is 0 Å². The minimum Gasteiger partial charge on any atom is -0.455 e. The highest BCUT2D eigenvalue weighted by Crippen LogP contribution is 2.47. The Morgan fingerprint density at radius 1 is 0.230 bits per heavy atom. The Labute approximate surface area is 354 Å². The molecule has 12 rings (SSSR count). The van der Waals surface area contributed by atoms with Gasteiger partial charge in [-0.25, -0.2) is 0 Å². The normalized spacial score (nSPS) is 11.6. The molecule has 0 aliphatic heterocycles. The molecule has 1 heterocycles. The number of para-hydroxylation sites is 2. The largest absolute Gasteiger partial charge is 0.455 e. The summed E-state index contributed by atoms with van der Waals surface area (Å²) in [4.78, 5) is 0. The summed E-state index contributed by atoms with van der Waals surface area (Å²) >= 11 is 0. The molecule has 0 aliphatic carbocycles. The van der Waals surface area contributed by atoms with Gasteiger partial charge in [-0.05, 0) is 118 Å². The lowest BCUT2D eigenvalue weighted by molar-refractivity contribution is 0.670. The minimum absolute atomic E-state index is 0.911. The predicted molar refractivity (Wildman–Crippen MR) is 259 cm³/mol. The molecule has 61 heavy (non-hydrogen) atoms. The lowest BCUT2D eigenvalue weighted by Crippen LogP contribution is -1.93. The van der Waals surface area contributed by atoms with E-state index in [0.717, 1.165) is 38.6 Å². The molecule has 0 saturated heterocycles. The molecule has 1 aromatic heterocycles. The molecule has 0 amide bonds. The summed E-state index contributed by atoms with van der Waals surface area (Å²) in [7, 11) is 0. The van der Waals surface area contributed by atoms with Crippen molar-refractivity contribution < 1.29 is 4.42 Å². The van der Waals surface area contributed by atoms with Crippen LogP contribution in [0.2, 0.25) is 0 Å². The van der Waals surface area contributed by atoms with Gasteiger partial charge < -0.3 is 4.42 Å². The molecule has 11 aromatic carbocycles. The highest BCUT2D eigenvalue weighted by molar-refractivity contribution is 6.22. The summed E-state index contributed by atoms with van der Waals surface area (Å²) < 4.78 is 6.45. The van der Waals surface area contributed by atoms with Gasteiger partial charge in [-0.15, -0.1) is 0 Å². The van der Waals surface area contributed by atoms with E-state index < -0.39 is 0 Å². The van der Waals surface area contributed by atoms with E-state index in [1.54, 1.807) is 0 Å². The molecular formula is C60H38O. The van der Waals surface area contributed by atoms with Gasteiger partial charge in [-0.1, -0.05) is 206 Å². The fourth-order valence-electron chi connectivity index (χ4n) is 9.71. The first-order valence-electron chi connectivity index (χ1n) is 21.0. The maximum Gasteiger partial charge on any atom is 0.143 e. The molecule has 0 aliphatic rings. The van der Waals surface area contributed by atoms with Crippen molar-refractivity contribution in [3.63, 3.8) is 0 Å². The monoisotopic (exact) mass is 774 g/mol. The van der Waals surface area contributed by atoms with Crippen molar-refractivity contribution in [2.24, 2.45) is 0 Å². The zero-order valence-electron chi connectivity index (χ0n) is 33.3. The number of rotatable bonds is 6. The van der Waals surface area contributed by atoms with Gasteiger partial charge in [0.2, 0.25) is 0 Å².